The van der Waals surface area contributed by atoms with Gasteiger partial charge in [-0.2, -0.15) is 0 Å². The lowest BCUT2D eigenvalue weighted by molar-refractivity contribution is 0.221. The number of nitrogens with zero attached hydrogens (tertiary/aromatic N) is 1. The Morgan fingerprint density at radius 2 is 1.80 bits per heavy atom. The summed E-state index contributed by atoms with van der Waals surface area (Å²) in [5.74, 6) is 0.707. The topological polar surface area (TPSA) is 15.3 Å². The van der Waals surface area contributed by atoms with Crippen molar-refractivity contribution >= 4 is 0 Å². The molecule has 0 bridgehead atoms. The van der Waals surface area contributed by atoms with Gasteiger partial charge >= 0.3 is 0 Å². The highest BCUT2D eigenvalue weighted by Crippen LogP contribution is 2.37. The second-order valence-electron chi connectivity index (χ2n) is 7.44. The van der Waals surface area contributed by atoms with Crippen LogP contribution in [0.4, 0.5) is 0 Å². The minimum atomic E-state index is 0.307. The summed E-state index contributed by atoms with van der Waals surface area (Å²) in [5, 5.41) is 3.82. The van der Waals surface area contributed by atoms with Crippen LogP contribution in [0.1, 0.15) is 56.7 Å². The molecular weight excluding hydrogens is 244 g/mol. The monoisotopic (exact) mass is 274 g/mol. The van der Waals surface area contributed by atoms with Crippen molar-refractivity contribution in [3.63, 3.8) is 0 Å². The first-order valence-electron chi connectivity index (χ1n) is 7.86. The van der Waals surface area contributed by atoms with E-state index < -0.39 is 0 Å². The van der Waals surface area contributed by atoms with Gasteiger partial charge in [-0.15, -0.1) is 0 Å². The first-order chi connectivity index (χ1) is 9.39. The van der Waals surface area contributed by atoms with Crippen LogP contribution in [0.25, 0.3) is 0 Å². The Labute approximate surface area is 124 Å². The van der Waals surface area contributed by atoms with Crippen molar-refractivity contribution in [3.8, 4) is 0 Å². The maximum atomic E-state index is 3.82. The number of nitrogens with one attached hydrogen (secondary N) is 1. The standard InChI is InChI=1S/C18H30N2/c1-14-10-11-17(16-9-7-6-8-15(14)16)19-12-18(2,3)13-20(4)5/h6-9,14,17,19H,10-13H2,1-5H3. The van der Waals surface area contributed by atoms with Crippen LogP contribution in [0.2, 0.25) is 0 Å². The highest BCUT2D eigenvalue weighted by atomic mass is 15.1. The summed E-state index contributed by atoms with van der Waals surface area (Å²) in [5.41, 5.74) is 3.37. The number of fused-ring (bicyclic) bond motifs is 1. The minimum absolute atomic E-state index is 0.307. The Kier molecular flexibility index (Phi) is 4.87. The summed E-state index contributed by atoms with van der Waals surface area (Å²) >= 11 is 0. The lowest BCUT2D eigenvalue weighted by atomic mass is 9.80. The largest absolute Gasteiger partial charge is 0.309 e. The third-order valence-corrected chi connectivity index (χ3v) is 4.36. The van der Waals surface area contributed by atoms with Crippen molar-refractivity contribution < 1.29 is 0 Å². The molecule has 2 heteroatoms. The zero-order valence-electron chi connectivity index (χ0n) is 13.7. The van der Waals surface area contributed by atoms with E-state index in [2.05, 4.69) is 69.3 Å². The third-order valence-electron chi connectivity index (χ3n) is 4.36. The Bertz CT molecular complexity index is 437. The maximum Gasteiger partial charge on any atom is 0.0323 e. The van der Waals surface area contributed by atoms with Gasteiger partial charge in [0.2, 0.25) is 0 Å². The van der Waals surface area contributed by atoms with Crippen LogP contribution in [0.3, 0.4) is 0 Å². The molecule has 20 heavy (non-hydrogen) atoms. The molecule has 0 fully saturated rings. The molecule has 2 unspecified atom stereocenters. The van der Waals surface area contributed by atoms with Gasteiger partial charge in [0.05, 0.1) is 0 Å². The predicted octanol–water partition coefficient (Wildman–Crippen LogP) is 3.80. The van der Waals surface area contributed by atoms with Gasteiger partial charge in [-0.25, -0.2) is 0 Å². The molecule has 1 aliphatic rings. The van der Waals surface area contributed by atoms with E-state index in [1.165, 1.54) is 18.4 Å². The summed E-state index contributed by atoms with van der Waals surface area (Å²) in [6.45, 7) is 9.23. The van der Waals surface area contributed by atoms with Gasteiger partial charge in [0.15, 0.2) is 0 Å². The van der Waals surface area contributed by atoms with E-state index >= 15 is 0 Å². The molecule has 0 saturated carbocycles. The van der Waals surface area contributed by atoms with Gasteiger partial charge in [0.25, 0.3) is 0 Å². The molecule has 0 aliphatic heterocycles. The van der Waals surface area contributed by atoms with E-state index in [0.717, 1.165) is 13.1 Å². The van der Waals surface area contributed by atoms with Crippen molar-refractivity contribution in [2.75, 3.05) is 27.2 Å². The number of hydrogen-bond donors (Lipinski definition) is 1. The average molecular weight is 274 g/mol. The van der Waals surface area contributed by atoms with Crippen LogP contribution in [-0.2, 0) is 0 Å². The predicted molar refractivity (Wildman–Crippen MR) is 87.2 cm³/mol. The lowest BCUT2D eigenvalue weighted by Gasteiger charge is -2.34. The zero-order chi connectivity index (χ0) is 14.8. The Morgan fingerprint density at radius 3 is 2.45 bits per heavy atom. The molecule has 0 aromatic heterocycles. The van der Waals surface area contributed by atoms with Gasteiger partial charge in [-0.1, -0.05) is 45.0 Å². The zero-order valence-corrected chi connectivity index (χ0v) is 13.7. The van der Waals surface area contributed by atoms with Crippen LogP contribution in [0.5, 0.6) is 0 Å². The molecule has 0 spiro atoms. The molecule has 112 valence electrons. The average Bonchev–Trinajstić information content (AvgIpc) is 2.37. The molecule has 1 N–H and O–H groups in total. The SMILES string of the molecule is CC1CCC(NCC(C)(C)CN(C)C)c2ccccc21. The fourth-order valence-corrected chi connectivity index (χ4v) is 3.53. The van der Waals surface area contributed by atoms with Crippen LogP contribution in [-0.4, -0.2) is 32.1 Å². The van der Waals surface area contributed by atoms with Gasteiger partial charge in [-0.3, -0.25) is 0 Å². The van der Waals surface area contributed by atoms with E-state index in [-0.39, 0.29) is 0 Å². The summed E-state index contributed by atoms with van der Waals surface area (Å²) in [4.78, 5) is 2.28. The van der Waals surface area contributed by atoms with Crippen LogP contribution >= 0.6 is 0 Å². The fourth-order valence-electron chi connectivity index (χ4n) is 3.53. The molecule has 0 saturated heterocycles. The quantitative estimate of drug-likeness (QED) is 0.878. The van der Waals surface area contributed by atoms with Crippen LogP contribution in [0.15, 0.2) is 24.3 Å². The first kappa shape index (κ1) is 15.5. The third kappa shape index (κ3) is 3.83. The summed E-state index contributed by atoms with van der Waals surface area (Å²) in [7, 11) is 4.30. The summed E-state index contributed by atoms with van der Waals surface area (Å²) < 4.78 is 0. The molecule has 1 aromatic carbocycles. The molecule has 2 rings (SSSR count). The Hall–Kier alpha value is -0.860. The Morgan fingerprint density at radius 1 is 1.15 bits per heavy atom. The van der Waals surface area contributed by atoms with E-state index in [9.17, 15) is 0 Å². The molecule has 1 aromatic rings. The van der Waals surface area contributed by atoms with Gasteiger partial charge in [0, 0.05) is 19.1 Å². The first-order valence-corrected chi connectivity index (χ1v) is 7.86. The smallest absolute Gasteiger partial charge is 0.0323 e. The molecular formula is C18H30N2. The Balaban J connectivity index is 2.03. The van der Waals surface area contributed by atoms with Crippen LogP contribution < -0.4 is 5.32 Å². The summed E-state index contributed by atoms with van der Waals surface area (Å²) in [6, 6.07) is 9.49. The summed E-state index contributed by atoms with van der Waals surface area (Å²) in [6.07, 6.45) is 2.55. The molecule has 2 atom stereocenters. The van der Waals surface area contributed by atoms with Crippen molar-refractivity contribution in [1.82, 2.24) is 10.2 Å². The molecule has 0 heterocycles. The maximum absolute atomic E-state index is 3.82. The molecule has 2 nitrogen and oxygen atoms in total. The lowest BCUT2D eigenvalue weighted by Crippen LogP contribution is -2.39. The van der Waals surface area contributed by atoms with Gasteiger partial charge in [-0.05, 0) is 49.4 Å². The number of hydrogen-bond acceptors (Lipinski definition) is 2. The number of benzene rings is 1. The highest BCUT2D eigenvalue weighted by Gasteiger charge is 2.26. The van der Waals surface area contributed by atoms with Gasteiger partial charge < -0.3 is 10.2 Å². The van der Waals surface area contributed by atoms with E-state index in [4.69, 9.17) is 0 Å². The van der Waals surface area contributed by atoms with Crippen molar-refractivity contribution in [3.05, 3.63) is 35.4 Å². The number of rotatable bonds is 5. The van der Waals surface area contributed by atoms with Gasteiger partial charge in [0.1, 0.15) is 0 Å². The van der Waals surface area contributed by atoms with Crippen LogP contribution in [0, 0.1) is 5.41 Å². The van der Waals surface area contributed by atoms with E-state index in [1.807, 2.05) is 0 Å². The van der Waals surface area contributed by atoms with Crippen molar-refractivity contribution in [1.29, 1.82) is 0 Å². The normalized spacial score (nSPS) is 22.9. The fraction of sp³-hybridized carbons (Fsp3) is 0.667. The highest BCUT2D eigenvalue weighted by molar-refractivity contribution is 5.34. The molecule has 1 aliphatic carbocycles. The minimum Gasteiger partial charge on any atom is -0.309 e. The second kappa shape index (κ2) is 6.28. The second-order valence-corrected chi connectivity index (χ2v) is 7.44. The van der Waals surface area contributed by atoms with Crippen molar-refractivity contribution in [2.24, 2.45) is 5.41 Å². The molecule has 0 radical (unpaired) electrons. The van der Waals surface area contributed by atoms with Crippen molar-refractivity contribution in [2.45, 2.75) is 45.6 Å². The van der Waals surface area contributed by atoms with E-state index in [0.29, 0.717) is 17.4 Å². The van der Waals surface area contributed by atoms with E-state index in [1.54, 1.807) is 5.56 Å². The molecule has 0 amide bonds.